The van der Waals surface area contributed by atoms with Crippen molar-refractivity contribution in [1.82, 2.24) is 14.9 Å². The van der Waals surface area contributed by atoms with E-state index in [2.05, 4.69) is 34.4 Å². The molecule has 0 aliphatic carbocycles. The fourth-order valence-electron chi connectivity index (χ4n) is 4.87. The van der Waals surface area contributed by atoms with Crippen LogP contribution in [0.2, 0.25) is 0 Å². The first-order chi connectivity index (χ1) is 18.5. The molecule has 2 aliphatic heterocycles. The maximum Gasteiger partial charge on any atom is 0.419 e. The first-order valence-corrected chi connectivity index (χ1v) is 13.2. The number of aliphatic imine (C=N–C) groups is 1. The number of anilines is 3. The van der Waals surface area contributed by atoms with Gasteiger partial charge in [0.05, 0.1) is 22.8 Å². The number of piperidine rings is 1. The average molecular weight is 538 g/mol. The summed E-state index contributed by atoms with van der Waals surface area (Å²) in [7, 11) is 0. The lowest BCUT2D eigenvalue weighted by Crippen LogP contribution is -2.38. The number of nitrogens with zero attached hydrogens (tertiary/aromatic N) is 6. The number of nitriles is 1. The molecule has 206 valence electrons. The van der Waals surface area contributed by atoms with Crippen LogP contribution in [0.5, 0.6) is 0 Å². The molecule has 0 saturated carbocycles. The van der Waals surface area contributed by atoms with Crippen molar-refractivity contribution in [1.29, 1.82) is 5.26 Å². The molecule has 7 nitrogen and oxygen atoms in total. The second-order valence-electron chi connectivity index (χ2n) is 10.4. The van der Waals surface area contributed by atoms with Crippen molar-refractivity contribution in [3.05, 3.63) is 66.0 Å². The minimum Gasteiger partial charge on any atom is -0.355 e. The van der Waals surface area contributed by atoms with E-state index in [1.54, 1.807) is 4.90 Å². The number of rotatable bonds is 6. The zero-order chi connectivity index (χ0) is 28.2. The van der Waals surface area contributed by atoms with E-state index in [0.717, 1.165) is 54.6 Å². The van der Waals surface area contributed by atoms with Gasteiger partial charge in [0.2, 0.25) is 5.95 Å². The third-order valence-electron chi connectivity index (χ3n) is 7.24. The molecule has 39 heavy (non-hydrogen) atoms. The summed E-state index contributed by atoms with van der Waals surface area (Å²) in [6.07, 6.45) is 0.677. The molecule has 1 fully saturated rings. The number of amidine groups is 1. The molecule has 2 aromatic rings. The smallest absolute Gasteiger partial charge is 0.355 e. The van der Waals surface area contributed by atoms with Crippen molar-refractivity contribution >= 4 is 23.3 Å². The zero-order valence-corrected chi connectivity index (χ0v) is 22.5. The summed E-state index contributed by atoms with van der Waals surface area (Å²) in [4.78, 5) is 17.5. The monoisotopic (exact) mass is 537 g/mol. The van der Waals surface area contributed by atoms with Gasteiger partial charge in [-0.15, -0.1) is 0 Å². The average Bonchev–Trinajstić information content (AvgIpc) is 3.14. The van der Waals surface area contributed by atoms with Crippen LogP contribution in [0.15, 0.2) is 54.2 Å². The van der Waals surface area contributed by atoms with Crippen molar-refractivity contribution < 1.29 is 13.2 Å². The number of alkyl halides is 3. The predicted octanol–water partition coefficient (Wildman–Crippen LogP) is 6.07. The molecule has 1 aromatic heterocycles. The molecule has 4 rings (SSSR count). The summed E-state index contributed by atoms with van der Waals surface area (Å²) < 4.78 is 40.6. The second kappa shape index (κ2) is 11.5. The number of hydrogen-bond acceptors (Lipinski definition) is 6. The zero-order valence-electron chi connectivity index (χ0n) is 22.5. The van der Waals surface area contributed by atoms with Gasteiger partial charge in [-0.1, -0.05) is 25.3 Å². The molecule has 0 spiro atoms. The number of nitrogens with one attached hydrogen (secondary N) is 1. The lowest BCUT2D eigenvalue weighted by atomic mass is 9.86. The van der Waals surface area contributed by atoms with Gasteiger partial charge in [-0.05, 0) is 57.2 Å². The molecule has 0 amide bonds. The Morgan fingerprint density at radius 1 is 1.05 bits per heavy atom. The molecule has 1 N–H and O–H groups in total. The molecule has 2 aliphatic rings. The number of benzene rings is 1. The SMILES string of the molecule is C=CN=C(C(=C)C(F)(F)F)N1CCc2nc(N3CCCCC3)nc(Nc3ccc(C(C)(C)C#N)cc3)c2CC1. The van der Waals surface area contributed by atoms with Crippen LogP contribution in [0.1, 0.15) is 49.9 Å². The van der Waals surface area contributed by atoms with Crippen molar-refractivity contribution in [3.63, 3.8) is 0 Å². The van der Waals surface area contributed by atoms with Crippen LogP contribution in [-0.4, -0.2) is 53.1 Å². The fraction of sp³-hybridized carbons (Fsp3) is 0.448. The highest BCUT2D eigenvalue weighted by Gasteiger charge is 2.38. The Bertz CT molecular complexity index is 1280. The largest absolute Gasteiger partial charge is 0.419 e. The van der Waals surface area contributed by atoms with E-state index >= 15 is 0 Å². The van der Waals surface area contributed by atoms with E-state index in [1.165, 1.54) is 6.42 Å². The number of fused-ring (bicyclic) bond motifs is 1. The van der Waals surface area contributed by atoms with Gasteiger partial charge in [0, 0.05) is 50.1 Å². The van der Waals surface area contributed by atoms with Crippen molar-refractivity contribution in [2.24, 2.45) is 4.99 Å². The Morgan fingerprint density at radius 2 is 1.72 bits per heavy atom. The first kappa shape index (κ1) is 28.1. The molecule has 0 unspecified atom stereocenters. The molecule has 0 atom stereocenters. The maximum absolute atomic E-state index is 13.5. The van der Waals surface area contributed by atoms with E-state index < -0.39 is 17.2 Å². The van der Waals surface area contributed by atoms with Crippen molar-refractivity contribution in [3.8, 4) is 6.07 Å². The Hall–Kier alpha value is -3.87. The molecular formula is C29H34F3N7. The normalized spacial score (nSPS) is 16.7. The molecule has 3 heterocycles. The highest BCUT2D eigenvalue weighted by molar-refractivity contribution is 5.99. The minimum absolute atomic E-state index is 0.222. The highest BCUT2D eigenvalue weighted by Crippen LogP contribution is 2.32. The molecule has 1 saturated heterocycles. The van der Waals surface area contributed by atoms with Gasteiger partial charge in [-0.2, -0.15) is 23.4 Å². The summed E-state index contributed by atoms with van der Waals surface area (Å²) in [6.45, 7) is 12.8. The summed E-state index contributed by atoms with van der Waals surface area (Å²) in [5.41, 5.74) is 1.79. The Balaban J connectivity index is 1.68. The van der Waals surface area contributed by atoms with E-state index in [9.17, 15) is 18.4 Å². The van der Waals surface area contributed by atoms with Crippen LogP contribution in [0, 0.1) is 11.3 Å². The van der Waals surface area contributed by atoms with Gasteiger partial charge in [0.25, 0.3) is 0 Å². The number of halogens is 3. The van der Waals surface area contributed by atoms with E-state index in [0.29, 0.717) is 37.7 Å². The van der Waals surface area contributed by atoms with Crippen LogP contribution in [-0.2, 0) is 18.3 Å². The molecule has 10 heteroatoms. The summed E-state index contributed by atoms with van der Waals surface area (Å²) >= 11 is 0. The van der Waals surface area contributed by atoms with E-state index in [-0.39, 0.29) is 5.84 Å². The molecule has 0 bridgehead atoms. The minimum atomic E-state index is -4.60. The first-order valence-electron chi connectivity index (χ1n) is 13.2. The summed E-state index contributed by atoms with van der Waals surface area (Å²) in [5.74, 6) is 1.05. The lowest BCUT2D eigenvalue weighted by molar-refractivity contribution is -0.0866. The third-order valence-corrected chi connectivity index (χ3v) is 7.24. The van der Waals surface area contributed by atoms with Gasteiger partial charge in [-0.25, -0.2) is 9.98 Å². The fourth-order valence-corrected chi connectivity index (χ4v) is 4.87. The van der Waals surface area contributed by atoms with Crippen LogP contribution < -0.4 is 10.2 Å². The Labute approximate surface area is 227 Å². The van der Waals surface area contributed by atoms with Crippen molar-refractivity contribution in [2.45, 2.75) is 57.5 Å². The number of aromatic nitrogens is 2. The summed E-state index contributed by atoms with van der Waals surface area (Å²) in [6, 6.07) is 9.97. The van der Waals surface area contributed by atoms with Gasteiger partial charge in [-0.3, -0.25) is 0 Å². The van der Waals surface area contributed by atoms with Gasteiger partial charge in [0.15, 0.2) is 0 Å². The molecular weight excluding hydrogens is 503 g/mol. The van der Waals surface area contributed by atoms with Gasteiger partial charge < -0.3 is 15.1 Å². The lowest BCUT2D eigenvalue weighted by Gasteiger charge is -2.28. The van der Waals surface area contributed by atoms with Gasteiger partial charge >= 0.3 is 6.18 Å². The predicted molar refractivity (Wildman–Crippen MR) is 148 cm³/mol. The summed E-state index contributed by atoms with van der Waals surface area (Å²) in [5, 5.41) is 12.9. The molecule has 1 aromatic carbocycles. The van der Waals surface area contributed by atoms with Crippen LogP contribution in [0.3, 0.4) is 0 Å². The van der Waals surface area contributed by atoms with E-state index in [1.807, 2.05) is 38.1 Å². The quantitative estimate of drug-likeness (QED) is 0.356. The van der Waals surface area contributed by atoms with Crippen molar-refractivity contribution in [2.75, 3.05) is 36.4 Å². The Kier molecular flexibility index (Phi) is 8.28. The maximum atomic E-state index is 13.5. The van der Waals surface area contributed by atoms with Crippen LogP contribution in [0.25, 0.3) is 0 Å². The Morgan fingerprint density at radius 3 is 2.33 bits per heavy atom. The second-order valence-corrected chi connectivity index (χ2v) is 10.4. The van der Waals surface area contributed by atoms with Gasteiger partial charge in [0.1, 0.15) is 11.7 Å². The van der Waals surface area contributed by atoms with E-state index in [4.69, 9.17) is 9.97 Å². The van der Waals surface area contributed by atoms with Crippen LogP contribution in [0.4, 0.5) is 30.6 Å². The third kappa shape index (κ3) is 6.41. The van der Waals surface area contributed by atoms with Crippen LogP contribution >= 0.6 is 0 Å². The highest BCUT2D eigenvalue weighted by atomic mass is 19.4. The number of hydrogen-bond donors (Lipinski definition) is 1. The molecule has 0 radical (unpaired) electrons. The standard InChI is InChI=1S/C29H34F3N7/c1-5-34-26(20(2)29(30,31)32)38-17-13-23-24(14-18-38)36-27(39-15-7-6-8-16-39)37-25(23)35-22-11-9-21(10-12-22)28(3,4)19-33/h5,9-12H,1-2,6-8,13-18H2,3-4H3,(H,35,36,37). The topological polar surface area (TPSA) is 80.4 Å².